The molecule has 1 aromatic rings. The van der Waals surface area contributed by atoms with E-state index in [0.717, 1.165) is 19.5 Å². The van der Waals surface area contributed by atoms with Gasteiger partial charge in [-0.1, -0.05) is 6.92 Å². The maximum atomic E-state index is 12.2. The van der Waals surface area contributed by atoms with Gasteiger partial charge in [0.25, 0.3) is 10.2 Å². The summed E-state index contributed by atoms with van der Waals surface area (Å²) in [6.45, 7) is 4.48. The first kappa shape index (κ1) is 16.2. The molecule has 19 heavy (non-hydrogen) atoms. The molecule has 0 bridgehead atoms. The van der Waals surface area contributed by atoms with Gasteiger partial charge in [-0.3, -0.25) is 0 Å². The van der Waals surface area contributed by atoms with E-state index in [1.807, 2.05) is 6.92 Å². The van der Waals surface area contributed by atoms with Crippen molar-refractivity contribution < 1.29 is 12.8 Å². The number of nitrogens with zero attached hydrogens (tertiary/aromatic N) is 2. The van der Waals surface area contributed by atoms with Crippen molar-refractivity contribution in [1.29, 1.82) is 0 Å². The van der Waals surface area contributed by atoms with E-state index in [2.05, 4.69) is 5.32 Å². The molecule has 1 aromatic heterocycles. The van der Waals surface area contributed by atoms with E-state index in [9.17, 15) is 8.42 Å². The van der Waals surface area contributed by atoms with E-state index in [4.69, 9.17) is 4.42 Å². The summed E-state index contributed by atoms with van der Waals surface area (Å²) in [5.74, 6) is 0.632. The Kier molecular flexibility index (Phi) is 6.50. The van der Waals surface area contributed by atoms with E-state index < -0.39 is 10.2 Å². The maximum absolute atomic E-state index is 12.2. The normalized spacial score (nSPS) is 12.5. The second-order valence-corrected chi connectivity index (χ2v) is 6.51. The Morgan fingerprint density at radius 2 is 2.05 bits per heavy atom. The van der Waals surface area contributed by atoms with Crippen LogP contribution in [0.1, 0.15) is 19.1 Å². The molecule has 7 heteroatoms. The minimum absolute atomic E-state index is 0.243. The van der Waals surface area contributed by atoms with Crippen LogP contribution in [0.2, 0.25) is 0 Å². The molecule has 0 saturated carbocycles. The highest BCUT2D eigenvalue weighted by molar-refractivity contribution is 7.86. The zero-order chi connectivity index (χ0) is 14.3. The predicted molar refractivity (Wildman–Crippen MR) is 74.9 cm³/mol. The summed E-state index contributed by atoms with van der Waals surface area (Å²) in [7, 11) is -0.272. The highest BCUT2D eigenvalue weighted by Gasteiger charge is 2.23. The molecule has 1 heterocycles. The highest BCUT2D eigenvalue weighted by Crippen LogP contribution is 2.10. The molecule has 0 atom stereocenters. The Labute approximate surface area is 115 Å². The largest absolute Gasteiger partial charge is 0.468 e. The highest BCUT2D eigenvalue weighted by atomic mass is 32.2. The minimum atomic E-state index is -3.42. The first-order chi connectivity index (χ1) is 8.98. The lowest BCUT2D eigenvalue weighted by Gasteiger charge is -2.23. The van der Waals surface area contributed by atoms with Crippen LogP contribution in [0.25, 0.3) is 0 Å². The lowest BCUT2D eigenvalue weighted by molar-refractivity contribution is 0.361. The zero-order valence-electron chi connectivity index (χ0n) is 11.8. The molecule has 0 radical (unpaired) electrons. The summed E-state index contributed by atoms with van der Waals surface area (Å²) >= 11 is 0. The summed E-state index contributed by atoms with van der Waals surface area (Å²) < 4.78 is 32.2. The van der Waals surface area contributed by atoms with Crippen molar-refractivity contribution in [1.82, 2.24) is 13.9 Å². The zero-order valence-corrected chi connectivity index (χ0v) is 12.6. The molecular weight excluding hydrogens is 266 g/mol. The molecule has 0 aliphatic heterocycles. The van der Waals surface area contributed by atoms with Gasteiger partial charge < -0.3 is 9.73 Å². The van der Waals surface area contributed by atoms with Gasteiger partial charge in [-0.15, -0.1) is 0 Å². The second kappa shape index (κ2) is 7.64. The molecule has 0 amide bonds. The topological polar surface area (TPSA) is 65.8 Å². The molecule has 0 spiro atoms. The van der Waals surface area contributed by atoms with E-state index in [1.165, 1.54) is 14.9 Å². The summed E-state index contributed by atoms with van der Waals surface area (Å²) in [4.78, 5) is 0. The van der Waals surface area contributed by atoms with Crippen molar-refractivity contribution in [3.05, 3.63) is 24.2 Å². The van der Waals surface area contributed by atoms with Crippen LogP contribution < -0.4 is 5.32 Å². The summed E-state index contributed by atoms with van der Waals surface area (Å²) in [5.41, 5.74) is 0. The van der Waals surface area contributed by atoms with Gasteiger partial charge in [0.15, 0.2) is 0 Å². The van der Waals surface area contributed by atoms with Crippen molar-refractivity contribution >= 4 is 10.2 Å². The van der Waals surface area contributed by atoms with Gasteiger partial charge in [0.1, 0.15) is 5.76 Å². The fourth-order valence-corrected chi connectivity index (χ4v) is 2.79. The van der Waals surface area contributed by atoms with E-state index in [1.54, 1.807) is 26.2 Å². The molecule has 0 unspecified atom stereocenters. The second-order valence-electron chi connectivity index (χ2n) is 4.37. The standard InChI is InChI=1S/C12H23N3O3S/c1-4-13-8-6-9-14(2)19(16,17)15(3)11-12-7-5-10-18-12/h5,7,10,13H,4,6,8-9,11H2,1-3H3. The Morgan fingerprint density at radius 3 is 2.63 bits per heavy atom. The van der Waals surface area contributed by atoms with Gasteiger partial charge in [-0.25, -0.2) is 0 Å². The Hall–Kier alpha value is -0.890. The van der Waals surface area contributed by atoms with Gasteiger partial charge in [-0.05, 0) is 31.6 Å². The molecule has 0 aliphatic rings. The van der Waals surface area contributed by atoms with Crippen LogP contribution in [0.15, 0.2) is 22.8 Å². The number of rotatable bonds is 9. The predicted octanol–water partition coefficient (Wildman–Crippen LogP) is 0.888. The summed E-state index contributed by atoms with van der Waals surface area (Å²) in [6, 6.07) is 3.51. The van der Waals surface area contributed by atoms with E-state index in [-0.39, 0.29) is 6.54 Å². The van der Waals surface area contributed by atoms with Gasteiger partial charge in [-0.2, -0.15) is 17.0 Å². The first-order valence-electron chi connectivity index (χ1n) is 6.39. The first-order valence-corrected chi connectivity index (χ1v) is 7.79. The van der Waals surface area contributed by atoms with Crippen LogP contribution in [0.5, 0.6) is 0 Å². The number of furan rings is 1. The Morgan fingerprint density at radius 1 is 1.32 bits per heavy atom. The SMILES string of the molecule is CCNCCCN(C)S(=O)(=O)N(C)Cc1ccco1. The van der Waals surface area contributed by atoms with Crippen molar-refractivity contribution in [2.24, 2.45) is 0 Å². The number of hydrogen-bond donors (Lipinski definition) is 1. The smallest absolute Gasteiger partial charge is 0.281 e. The number of hydrogen-bond acceptors (Lipinski definition) is 4. The Balaban J connectivity index is 2.48. The van der Waals surface area contributed by atoms with Crippen LogP contribution in [0.3, 0.4) is 0 Å². The van der Waals surface area contributed by atoms with Crippen molar-refractivity contribution in [3.63, 3.8) is 0 Å². The molecule has 0 aliphatic carbocycles. The third-order valence-corrected chi connectivity index (χ3v) is 4.71. The van der Waals surface area contributed by atoms with Gasteiger partial charge >= 0.3 is 0 Å². The molecule has 6 nitrogen and oxygen atoms in total. The van der Waals surface area contributed by atoms with Gasteiger partial charge in [0, 0.05) is 20.6 Å². The summed E-state index contributed by atoms with van der Waals surface area (Å²) in [6.07, 6.45) is 2.33. The molecule has 0 fully saturated rings. The third-order valence-electron chi connectivity index (χ3n) is 2.82. The molecule has 110 valence electrons. The monoisotopic (exact) mass is 289 g/mol. The van der Waals surface area contributed by atoms with E-state index >= 15 is 0 Å². The lowest BCUT2D eigenvalue weighted by atomic mass is 10.4. The number of nitrogens with one attached hydrogen (secondary N) is 1. The van der Waals surface area contributed by atoms with Crippen LogP contribution in [-0.4, -0.2) is 50.8 Å². The summed E-state index contributed by atoms with van der Waals surface area (Å²) in [5, 5.41) is 3.17. The van der Waals surface area contributed by atoms with Crippen molar-refractivity contribution in [2.75, 3.05) is 33.7 Å². The van der Waals surface area contributed by atoms with Crippen LogP contribution in [0, 0.1) is 0 Å². The average Bonchev–Trinajstić information content (AvgIpc) is 2.87. The molecule has 1 N–H and O–H groups in total. The Bertz CT molecular complexity index is 445. The third kappa shape index (κ3) is 4.94. The average molecular weight is 289 g/mol. The quantitative estimate of drug-likeness (QED) is 0.686. The fraction of sp³-hybridized carbons (Fsp3) is 0.667. The fourth-order valence-electron chi connectivity index (χ4n) is 1.66. The van der Waals surface area contributed by atoms with E-state index in [0.29, 0.717) is 12.3 Å². The lowest BCUT2D eigenvalue weighted by Crippen LogP contribution is -2.40. The molecule has 0 aromatic carbocycles. The van der Waals surface area contributed by atoms with Crippen molar-refractivity contribution in [2.45, 2.75) is 19.9 Å². The molecule has 0 saturated heterocycles. The van der Waals surface area contributed by atoms with Crippen LogP contribution in [-0.2, 0) is 16.8 Å². The van der Waals surface area contributed by atoms with Gasteiger partial charge in [0.2, 0.25) is 0 Å². The maximum Gasteiger partial charge on any atom is 0.281 e. The molecular formula is C12H23N3O3S. The van der Waals surface area contributed by atoms with Crippen LogP contribution in [0.4, 0.5) is 0 Å². The minimum Gasteiger partial charge on any atom is -0.468 e. The molecule has 1 rings (SSSR count). The van der Waals surface area contributed by atoms with Crippen LogP contribution >= 0.6 is 0 Å². The van der Waals surface area contributed by atoms with Crippen molar-refractivity contribution in [3.8, 4) is 0 Å². The van der Waals surface area contributed by atoms with Gasteiger partial charge in [0.05, 0.1) is 12.8 Å².